The van der Waals surface area contributed by atoms with Gasteiger partial charge in [0.05, 0.1) is 0 Å². The van der Waals surface area contributed by atoms with Gasteiger partial charge in [-0.25, -0.2) is 0 Å². The highest BCUT2D eigenvalue weighted by Gasteiger charge is 2.60. The van der Waals surface area contributed by atoms with E-state index in [0.29, 0.717) is 18.4 Å². The number of rotatable bonds is 7. The highest BCUT2D eigenvalue weighted by Crippen LogP contribution is 2.65. The van der Waals surface area contributed by atoms with E-state index in [0.717, 1.165) is 0 Å². The van der Waals surface area contributed by atoms with Crippen LogP contribution < -0.4 is 0 Å². The van der Waals surface area contributed by atoms with Gasteiger partial charge in [0.25, 0.3) is 0 Å². The second kappa shape index (κ2) is 5.16. The number of allylic oxidation sites excluding steroid dienone is 1. The van der Waals surface area contributed by atoms with Gasteiger partial charge in [-0.3, -0.25) is 0 Å². The Bertz CT molecular complexity index is 221. The van der Waals surface area contributed by atoms with Crippen LogP contribution in [-0.4, -0.2) is 11.7 Å². The predicted octanol–water partition coefficient (Wildman–Crippen LogP) is 3.78. The highest BCUT2D eigenvalue weighted by molar-refractivity contribution is 5.24. The molecule has 1 aliphatic rings. The van der Waals surface area contributed by atoms with Crippen molar-refractivity contribution in [3.63, 3.8) is 0 Å². The fourth-order valence-corrected chi connectivity index (χ4v) is 3.22. The zero-order valence-corrected chi connectivity index (χ0v) is 10.6. The van der Waals surface area contributed by atoms with Gasteiger partial charge in [0.15, 0.2) is 0 Å². The third-order valence-corrected chi connectivity index (χ3v) is 4.40. The van der Waals surface area contributed by atoms with E-state index in [1.165, 1.54) is 37.7 Å². The van der Waals surface area contributed by atoms with Gasteiger partial charge in [-0.1, -0.05) is 51.7 Å². The Morgan fingerprint density at radius 3 is 2.40 bits per heavy atom. The molecule has 1 fully saturated rings. The molecular formula is C14H26O. The fourth-order valence-electron chi connectivity index (χ4n) is 3.22. The maximum absolute atomic E-state index is 9.32. The first-order valence-corrected chi connectivity index (χ1v) is 6.38. The lowest BCUT2D eigenvalue weighted by Crippen LogP contribution is -2.08. The van der Waals surface area contributed by atoms with E-state index < -0.39 is 0 Å². The summed E-state index contributed by atoms with van der Waals surface area (Å²) in [7, 11) is 0. The van der Waals surface area contributed by atoms with Gasteiger partial charge in [-0.15, -0.1) is 0 Å². The molecule has 0 aromatic heterocycles. The number of hydrogen-bond acceptors (Lipinski definition) is 1. The van der Waals surface area contributed by atoms with E-state index in [2.05, 4.69) is 27.4 Å². The van der Waals surface area contributed by atoms with Crippen LogP contribution in [0.4, 0.5) is 0 Å². The van der Waals surface area contributed by atoms with Crippen LogP contribution in [0.25, 0.3) is 0 Å². The molecule has 1 aliphatic carbocycles. The summed E-state index contributed by atoms with van der Waals surface area (Å²) in [6, 6.07) is 0. The van der Waals surface area contributed by atoms with Crippen molar-refractivity contribution in [1.82, 2.24) is 0 Å². The molecule has 0 aromatic carbocycles. The molecule has 0 spiro atoms. The van der Waals surface area contributed by atoms with Crippen molar-refractivity contribution < 1.29 is 5.11 Å². The molecule has 15 heavy (non-hydrogen) atoms. The largest absolute Gasteiger partial charge is 0.396 e. The lowest BCUT2D eigenvalue weighted by atomic mass is 9.87. The van der Waals surface area contributed by atoms with E-state index in [1.807, 2.05) is 0 Å². The van der Waals surface area contributed by atoms with E-state index in [9.17, 15) is 5.11 Å². The lowest BCUT2D eigenvalue weighted by molar-refractivity contribution is 0.251. The average molecular weight is 210 g/mol. The number of hydrogen-bond donors (Lipinski definition) is 1. The van der Waals surface area contributed by atoms with Crippen LogP contribution in [0.15, 0.2) is 12.2 Å². The summed E-state index contributed by atoms with van der Waals surface area (Å²) in [6.45, 7) is 11.1. The van der Waals surface area contributed by atoms with Crippen LogP contribution in [0.2, 0.25) is 0 Å². The third-order valence-electron chi connectivity index (χ3n) is 4.40. The second-order valence-corrected chi connectivity index (χ2v) is 5.21. The van der Waals surface area contributed by atoms with Gasteiger partial charge in [0.2, 0.25) is 0 Å². The van der Waals surface area contributed by atoms with Gasteiger partial charge >= 0.3 is 0 Å². The molecule has 0 aliphatic heterocycles. The summed E-state index contributed by atoms with van der Waals surface area (Å²) in [5, 5.41) is 9.32. The SMILES string of the molecule is C=C(C)[C@@]1(CCCCCC)C(C)[C@H]1CO. The van der Waals surface area contributed by atoms with Crippen LogP contribution in [0.1, 0.15) is 52.9 Å². The summed E-state index contributed by atoms with van der Waals surface area (Å²) in [5.41, 5.74) is 1.56. The van der Waals surface area contributed by atoms with Gasteiger partial charge in [-0.05, 0) is 30.6 Å². The Kier molecular flexibility index (Phi) is 4.39. The van der Waals surface area contributed by atoms with Crippen molar-refractivity contribution in [2.45, 2.75) is 52.9 Å². The fraction of sp³-hybridized carbons (Fsp3) is 0.857. The number of aliphatic hydroxyl groups is 1. The van der Waals surface area contributed by atoms with Crippen molar-refractivity contribution >= 4 is 0 Å². The van der Waals surface area contributed by atoms with E-state index in [1.54, 1.807) is 0 Å². The van der Waals surface area contributed by atoms with Crippen LogP contribution in [0.3, 0.4) is 0 Å². The Morgan fingerprint density at radius 2 is 2.00 bits per heavy atom. The minimum absolute atomic E-state index is 0.280. The van der Waals surface area contributed by atoms with Crippen molar-refractivity contribution in [1.29, 1.82) is 0 Å². The molecule has 1 N–H and O–H groups in total. The van der Waals surface area contributed by atoms with Crippen molar-refractivity contribution in [2.24, 2.45) is 17.3 Å². The minimum atomic E-state index is 0.280. The topological polar surface area (TPSA) is 20.2 Å². The van der Waals surface area contributed by atoms with Gasteiger partial charge in [-0.2, -0.15) is 0 Å². The molecule has 0 aromatic rings. The molecule has 1 saturated carbocycles. The molecule has 0 amide bonds. The normalized spacial score (nSPS) is 34.1. The molecule has 0 heterocycles. The zero-order valence-electron chi connectivity index (χ0n) is 10.6. The van der Waals surface area contributed by atoms with Crippen molar-refractivity contribution in [2.75, 3.05) is 6.61 Å². The summed E-state index contributed by atoms with van der Waals surface area (Å²) in [4.78, 5) is 0. The first-order valence-electron chi connectivity index (χ1n) is 6.38. The van der Waals surface area contributed by atoms with Gasteiger partial charge in [0.1, 0.15) is 0 Å². The Morgan fingerprint density at radius 1 is 1.33 bits per heavy atom. The molecule has 1 unspecified atom stereocenters. The van der Waals surface area contributed by atoms with Gasteiger partial charge in [0, 0.05) is 6.61 Å². The Hall–Kier alpha value is -0.300. The molecule has 0 saturated heterocycles. The third kappa shape index (κ3) is 2.28. The summed E-state index contributed by atoms with van der Waals surface area (Å²) in [6.07, 6.45) is 6.48. The molecular weight excluding hydrogens is 184 g/mol. The molecule has 0 radical (unpaired) electrons. The quantitative estimate of drug-likeness (QED) is 0.501. The first kappa shape index (κ1) is 12.8. The van der Waals surface area contributed by atoms with Crippen LogP contribution in [0, 0.1) is 17.3 Å². The molecule has 1 heteroatoms. The summed E-state index contributed by atoms with van der Waals surface area (Å²) >= 11 is 0. The summed E-state index contributed by atoms with van der Waals surface area (Å²) in [5.74, 6) is 1.12. The van der Waals surface area contributed by atoms with Crippen molar-refractivity contribution in [3.05, 3.63) is 12.2 Å². The van der Waals surface area contributed by atoms with Gasteiger partial charge < -0.3 is 5.11 Å². The van der Waals surface area contributed by atoms with E-state index >= 15 is 0 Å². The Labute approximate surface area is 94.6 Å². The first-order chi connectivity index (χ1) is 7.11. The van der Waals surface area contributed by atoms with Crippen LogP contribution >= 0.6 is 0 Å². The predicted molar refractivity (Wildman–Crippen MR) is 65.7 cm³/mol. The number of unbranched alkanes of at least 4 members (excludes halogenated alkanes) is 3. The standard InChI is InChI=1S/C14H26O/c1-5-6-7-8-9-14(11(2)3)12(4)13(14)10-15/h12-13,15H,2,5-10H2,1,3-4H3/t12?,13-,14+/m1/s1. The molecule has 3 atom stereocenters. The Balaban J connectivity index is 2.44. The minimum Gasteiger partial charge on any atom is -0.396 e. The smallest absolute Gasteiger partial charge is 0.0470 e. The molecule has 88 valence electrons. The number of aliphatic hydroxyl groups excluding tert-OH is 1. The maximum Gasteiger partial charge on any atom is 0.0470 e. The van der Waals surface area contributed by atoms with Crippen molar-refractivity contribution in [3.8, 4) is 0 Å². The van der Waals surface area contributed by atoms with Crippen LogP contribution in [0.5, 0.6) is 0 Å². The van der Waals surface area contributed by atoms with Crippen LogP contribution in [-0.2, 0) is 0 Å². The molecule has 0 bridgehead atoms. The van der Waals surface area contributed by atoms with E-state index in [4.69, 9.17) is 0 Å². The molecule has 1 rings (SSSR count). The molecule has 1 nitrogen and oxygen atoms in total. The zero-order chi connectivity index (χ0) is 11.5. The second-order valence-electron chi connectivity index (χ2n) is 5.21. The lowest BCUT2D eigenvalue weighted by Gasteiger charge is -2.18. The monoisotopic (exact) mass is 210 g/mol. The highest BCUT2D eigenvalue weighted by atomic mass is 16.3. The van der Waals surface area contributed by atoms with E-state index in [-0.39, 0.29) is 5.41 Å². The average Bonchev–Trinajstić information content (AvgIpc) is 2.79. The maximum atomic E-state index is 9.32. The summed E-state index contributed by atoms with van der Waals surface area (Å²) < 4.78 is 0.